The Bertz CT molecular complexity index is 574. The number of alkyl halides is 3. The van der Waals surface area contributed by atoms with Crippen molar-refractivity contribution < 1.29 is 22.8 Å². The molecule has 0 radical (unpaired) electrons. The zero-order chi connectivity index (χ0) is 17.2. The van der Waals surface area contributed by atoms with Crippen molar-refractivity contribution in [1.82, 2.24) is 9.80 Å². The molecule has 126 valence electrons. The summed E-state index contributed by atoms with van der Waals surface area (Å²) in [7, 11) is 0. The van der Waals surface area contributed by atoms with Gasteiger partial charge in [-0.2, -0.15) is 13.2 Å². The molecule has 0 saturated carbocycles. The van der Waals surface area contributed by atoms with Crippen LogP contribution in [-0.2, 0) is 4.79 Å². The van der Waals surface area contributed by atoms with Crippen molar-refractivity contribution in [2.75, 3.05) is 26.2 Å². The van der Waals surface area contributed by atoms with Crippen molar-refractivity contribution in [3.8, 4) is 0 Å². The molecule has 1 heterocycles. The van der Waals surface area contributed by atoms with Crippen LogP contribution in [0.4, 0.5) is 13.2 Å². The highest BCUT2D eigenvalue weighted by atomic mass is 19.4. The molecule has 7 heteroatoms. The average molecular weight is 328 g/mol. The Balaban J connectivity index is 1.97. The Morgan fingerprint density at radius 2 is 1.43 bits per heavy atom. The van der Waals surface area contributed by atoms with Gasteiger partial charge in [0.1, 0.15) is 0 Å². The maximum absolute atomic E-state index is 12.4. The maximum atomic E-state index is 12.4. The monoisotopic (exact) mass is 328 g/mol. The van der Waals surface area contributed by atoms with Gasteiger partial charge >= 0.3 is 12.1 Å². The standard InChI is InChI=1S/C16H19F3N2O2/c1-11(2)12-3-5-13(6-4-12)14(22)20-7-9-21(10-8-20)15(23)16(17,18)19/h3-6,11H,7-10H2,1-2H3. The molecule has 0 aliphatic carbocycles. The summed E-state index contributed by atoms with van der Waals surface area (Å²) < 4.78 is 37.2. The summed E-state index contributed by atoms with van der Waals surface area (Å²) in [4.78, 5) is 25.7. The molecule has 1 aliphatic heterocycles. The molecule has 1 aromatic carbocycles. The fourth-order valence-corrected chi connectivity index (χ4v) is 2.49. The molecule has 2 amide bonds. The van der Waals surface area contributed by atoms with Gasteiger partial charge in [0.25, 0.3) is 5.91 Å². The van der Waals surface area contributed by atoms with Crippen LogP contribution in [0.5, 0.6) is 0 Å². The van der Waals surface area contributed by atoms with Crippen LogP contribution in [0.1, 0.15) is 35.7 Å². The lowest BCUT2D eigenvalue weighted by Crippen LogP contribution is -2.53. The van der Waals surface area contributed by atoms with Gasteiger partial charge in [-0.25, -0.2) is 0 Å². The number of hydrogen-bond donors (Lipinski definition) is 0. The first-order valence-electron chi connectivity index (χ1n) is 7.45. The van der Waals surface area contributed by atoms with Crippen molar-refractivity contribution in [3.05, 3.63) is 35.4 Å². The maximum Gasteiger partial charge on any atom is 0.471 e. The van der Waals surface area contributed by atoms with E-state index in [1.165, 1.54) is 4.90 Å². The van der Waals surface area contributed by atoms with E-state index in [1.54, 1.807) is 12.1 Å². The molecule has 0 N–H and O–H groups in total. The Kier molecular flexibility index (Phi) is 4.97. The van der Waals surface area contributed by atoms with Crippen molar-refractivity contribution in [2.45, 2.75) is 25.9 Å². The van der Waals surface area contributed by atoms with E-state index in [4.69, 9.17) is 0 Å². The summed E-state index contributed by atoms with van der Waals surface area (Å²) in [6, 6.07) is 7.21. The second-order valence-corrected chi connectivity index (χ2v) is 5.86. The average Bonchev–Trinajstić information content (AvgIpc) is 2.53. The lowest BCUT2D eigenvalue weighted by atomic mass is 10.0. The number of hydrogen-bond acceptors (Lipinski definition) is 2. The molecule has 0 spiro atoms. The van der Waals surface area contributed by atoms with Crippen LogP contribution in [0.15, 0.2) is 24.3 Å². The molecule has 1 saturated heterocycles. The van der Waals surface area contributed by atoms with Crippen molar-refractivity contribution in [2.24, 2.45) is 0 Å². The molecule has 1 fully saturated rings. The molecule has 0 atom stereocenters. The highest BCUT2D eigenvalue weighted by molar-refractivity contribution is 5.94. The number of carbonyl (C=O) groups is 2. The number of halogens is 3. The Morgan fingerprint density at radius 3 is 1.87 bits per heavy atom. The summed E-state index contributed by atoms with van der Waals surface area (Å²) in [5, 5.41) is 0. The lowest BCUT2D eigenvalue weighted by molar-refractivity contribution is -0.186. The van der Waals surface area contributed by atoms with E-state index in [2.05, 4.69) is 0 Å². The minimum absolute atomic E-state index is 0.103. The van der Waals surface area contributed by atoms with Crippen LogP contribution in [-0.4, -0.2) is 54.0 Å². The molecule has 1 aliphatic rings. The Labute approximate surface area is 132 Å². The number of carbonyl (C=O) groups excluding carboxylic acids is 2. The van der Waals surface area contributed by atoms with E-state index in [0.717, 1.165) is 10.5 Å². The number of amides is 2. The minimum Gasteiger partial charge on any atom is -0.335 e. The third kappa shape index (κ3) is 4.03. The second kappa shape index (κ2) is 6.60. The van der Waals surface area contributed by atoms with Crippen LogP contribution in [0.25, 0.3) is 0 Å². The summed E-state index contributed by atoms with van der Waals surface area (Å²) >= 11 is 0. The lowest BCUT2D eigenvalue weighted by Gasteiger charge is -2.35. The Morgan fingerprint density at radius 1 is 0.957 bits per heavy atom. The fourth-order valence-electron chi connectivity index (χ4n) is 2.49. The van der Waals surface area contributed by atoms with Gasteiger partial charge in [-0.15, -0.1) is 0 Å². The van der Waals surface area contributed by atoms with E-state index in [-0.39, 0.29) is 32.1 Å². The first kappa shape index (κ1) is 17.3. The van der Waals surface area contributed by atoms with Gasteiger partial charge in [-0.05, 0) is 23.6 Å². The summed E-state index contributed by atoms with van der Waals surface area (Å²) in [6.45, 7) is 4.10. The second-order valence-electron chi connectivity index (χ2n) is 5.86. The SMILES string of the molecule is CC(C)c1ccc(C(=O)N2CCN(C(=O)C(F)(F)F)CC2)cc1. The Hall–Kier alpha value is -2.05. The van der Waals surface area contributed by atoms with E-state index < -0.39 is 12.1 Å². The molecular formula is C16H19F3N2O2. The topological polar surface area (TPSA) is 40.6 Å². The van der Waals surface area contributed by atoms with Crippen molar-refractivity contribution in [1.29, 1.82) is 0 Å². The summed E-state index contributed by atoms with van der Waals surface area (Å²) in [5.74, 6) is -1.71. The number of piperazine rings is 1. The van der Waals surface area contributed by atoms with Crippen molar-refractivity contribution >= 4 is 11.8 Å². The van der Waals surface area contributed by atoms with Crippen LogP contribution in [0.2, 0.25) is 0 Å². The smallest absolute Gasteiger partial charge is 0.335 e. The molecule has 2 rings (SSSR count). The van der Waals surface area contributed by atoms with E-state index >= 15 is 0 Å². The molecular weight excluding hydrogens is 309 g/mol. The van der Waals surface area contributed by atoms with Crippen LogP contribution in [0, 0.1) is 0 Å². The van der Waals surface area contributed by atoms with E-state index in [1.807, 2.05) is 26.0 Å². The van der Waals surface area contributed by atoms with Gasteiger partial charge in [-0.3, -0.25) is 9.59 Å². The van der Waals surface area contributed by atoms with Gasteiger partial charge in [0.2, 0.25) is 0 Å². The van der Waals surface area contributed by atoms with Crippen LogP contribution < -0.4 is 0 Å². The summed E-state index contributed by atoms with van der Waals surface area (Å²) in [6.07, 6.45) is -4.86. The third-order valence-electron chi connectivity index (χ3n) is 3.92. The molecule has 1 aromatic rings. The zero-order valence-corrected chi connectivity index (χ0v) is 13.1. The van der Waals surface area contributed by atoms with Gasteiger partial charge in [0.15, 0.2) is 0 Å². The molecule has 0 aromatic heterocycles. The third-order valence-corrected chi connectivity index (χ3v) is 3.92. The number of nitrogens with zero attached hydrogens (tertiary/aromatic N) is 2. The van der Waals surface area contributed by atoms with Crippen LogP contribution in [0.3, 0.4) is 0 Å². The minimum atomic E-state index is -4.86. The highest BCUT2D eigenvalue weighted by Gasteiger charge is 2.43. The summed E-state index contributed by atoms with van der Waals surface area (Å²) in [5.41, 5.74) is 1.62. The molecule has 0 unspecified atom stereocenters. The highest BCUT2D eigenvalue weighted by Crippen LogP contribution is 2.20. The van der Waals surface area contributed by atoms with Gasteiger partial charge in [-0.1, -0.05) is 26.0 Å². The van der Waals surface area contributed by atoms with E-state index in [0.29, 0.717) is 11.5 Å². The van der Waals surface area contributed by atoms with Gasteiger partial charge < -0.3 is 9.80 Å². The first-order chi connectivity index (χ1) is 10.7. The predicted molar refractivity (Wildman–Crippen MR) is 79.1 cm³/mol. The van der Waals surface area contributed by atoms with Gasteiger partial charge in [0, 0.05) is 31.7 Å². The fraction of sp³-hybridized carbons (Fsp3) is 0.500. The first-order valence-corrected chi connectivity index (χ1v) is 7.45. The molecule has 23 heavy (non-hydrogen) atoms. The van der Waals surface area contributed by atoms with Gasteiger partial charge in [0.05, 0.1) is 0 Å². The predicted octanol–water partition coefficient (Wildman–Crippen LogP) is 2.66. The number of rotatable bonds is 2. The van der Waals surface area contributed by atoms with E-state index in [9.17, 15) is 22.8 Å². The zero-order valence-electron chi connectivity index (χ0n) is 13.1. The normalized spacial score (nSPS) is 15.9. The molecule has 0 bridgehead atoms. The van der Waals surface area contributed by atoms with Crippen molar-refractivity contribution in [3.63, 3.8) is 0 Å². The quantitative estimate of drug-likeness (QED) is 0.837. The number of benzene rings is 1. The van der Waals surface area contributed by atoms with Crippen LogP contribution >= 0.6 is 0 Å². The molecule has 4 nitrogen and oxygen atoms in total. The largest absolute Gasteiger partial charge is 0.471 e.